The van der Waals surface area contributed by atoms with Gasteiger partial charge in [-0.05, 0) is 73.2 Å². The summed E-state index contributed by atoms with van der Waals surface area (Å²) in [4.78, 5) is 25.6. The first kappa shape index (κ1) is 29.6. The molecule has 4 atom stereocenters. The monoisotopic (exact) mass is 493 g/mol. The molecule has 0 fully saturated rings. The van der Waals surface area contributed by atoms with Gasteiger partial charge >= 0.3 is 5.97 Å². The summed E-state index contributed by atoms with van der Waals surface area (Å²) < 4.78 is 4.94. The van der Waals surface area contributed by atoms with E-state index in [9.17, 15) is 9.59 Å². The van der Waals surface area contributed by atoms with Crippen LogP contribution < -0.4 is 5.32 Å². The van der Waals surface area contributed by atoms with Crippen molar-refractivity contribution < 1.29 is 14.3 Å². The first-order valence-electron chi connectivity index (χ1n) is 12.1. The van der Waals surface area contributed by atoms with Gasteiger partial charge in [0, 0.05) is 5.92 Å². The van der Waals surface area contributed by atoms with Crippen LogP contribution in [-0.2, 0) is 20.7 Å². The summed E-state index contributed by atoms with van der Waals surface area (Å²) in [5, 5.41) is 2.99. The highest BCUT2D eigenvalue weighted by Crippen LogP contribution is 2.25. The Morgan fingerprint density at radius 1 is 1.12 bits per heavy atom. The lowest BCUT2D eigenvalue weighted by atomic mass is 9.84. The number of carbonyl (C=O) groups is 2. The number of ether oxygens (including phenoxy) is 1. The Bertz CT molecular complexity index is 705. The zero-order valence-electron chi connectivity index (χ0n) is 21.0. The fourth-order valence-electron chi connectivity index (χ4n) is 3.81. The lowest BCUT2D eigenvalue weighted by Crippen LogP contribution is -2.45. The third-order valence-corrected chi connectivity index (χ3v) is 7.32. The van der Waals surface area contributed by atoms with Crippen molar-refractivity contribution in [3.05, 3.63) is 48.0 Å². The minimum Gasteiger partial charge on any atom is -0.467 e. The second-order valence-electron chi connectivity index (χ2n) is 8.97. The molecule has 1 amide bonds. The van der Waals surface area contributed by atoms with Crippen molar-refractivity contribution in [3.63, 3.8) is 0 Å². The maximum atomic E-state index is 13.3. The van der Waals surface area contributed by atoms with Gasteiger partial charge in [-0.2, -0.15) is 24.4 Å². The zero-order valence-corrected chi connectivity index (χ0v) is 22.7. The summed E-state index contributed by atoms with van der Waals surface area (Å²) in [6.45, 7) is 6.65. The smallest absolute Gasteiger partial charge is 0.328 e. The number of carbonyl (C=O) groups excluding carboxylic acids is 2. The van der Waals surface area contributed by atoms with Gasteiger partial charge in [0.2, 0.25) is 5.91 Å². The molecule has 186 valence electrons. The molecule has 0 bridgehead atoms. The van der Waals surface area contributed by atoms with Crippen LogP contribution in [0.15, 0.2) is 42.5 Å². The third-order valence-electron chi connectivity index (χ3n) is 6.20. The highest BCUT2D eigenvalue weighted by Gasteiger charge is 2.27. The van der Waals surface area contributed by atoms with Gasteiger partial charge in [0.25, 0.3) is 0 Å². The van der Waals surface area contributed by atoms with Gasteiger partial charge in [0.15, 0.2) is 0 Å². The lowest BCUT2D eigenvalue weighted by Gasteiger charge is -2.24. The van der Waals surface area contributed by atoms with Crippen molar-refractivity contribution in [2.75, 3.05) is 24.9 Å². The summed E-state index contributed by atoms with van der Waals surface area (Å²) >= 11 is 6.11. The highest BCUT2D eigenvalue weighted by atomic mass is 32.2. The van der Waals surface area contributed by atoms with E-state index in [1.807, 2.05) is 24.5 Å². The van der Waals surface area contributed by atoms with Crippen molar-refractivity contribution in [3.8, 4) is 0 Å². The Morgan fingerprint density at radius 3 is 2.36 bits per heavy atom. The molecule has 0 saturated heterocycles. The van der Waals surface area contributed by atoms with E-state index in [1.165, 1.54) is 7.11 Å². The average molecular weight is 494 g/mol. The number of amides is 1. The van der Waals surface area contributed by atoms with Crippen LogP contribution in [0.3, 0.4) is 0 Å². The molecule has 0 aromatic heterocycles. The lowest BCUT2D eigenvalue weighted by molar-refractivity contribution is -0.145. The van der Waals surface area contributed by atoms with Crippen LogP contribution in [0.25, 0.3) is 0 Å². The van der Waals surface area contributed by atoms with Gasteiger partial charge in [-0.3, -0.25) is 4.79 Å². The van der Waals surface area contributed by atoms with Crippen LogP contribution in [-0.4, -0.2) is 42.8 Å². The standard InChI is InChI=1S/C27H43NO3S2/c1-6-21(19-32)12-13-23(20(2)3)14-15-24(18-22-10-8-7-9-11-22)26(29)28-25(16-17-33-5)27(30)31-4/h7-13,20-21,23-25,32H,6,14-19H2,1-5H3,(H,28,29)/b13-12+/t21?,23?,24?,25-/m0/s1. The summed E-state index contributed by atoms with van der Waals surface area (Å²) in [5.41, 5.74) is 1.13. The number of esters is 1. The van der Waals surface area contributed by atoms with Crippen LogP contribution in [0.5, 0.6) is 0 Å². The predicted molar refractivity (Wildman–Crippen MR) is 145 cm³/mol. The largest absolute Gasteiger partial charge is 0.467 e. The fraction of sp³-hybridized carbons (Fsp3) is 0.630. The van der Waals surface area contributed by atoms with Crippen LogP contribution >= 0.6 is 24.4 Å². The molecule has 0 spiro atoms. The van der Waals surface area contributed by atoms with Gasteiger partial charge in [-0.1, -0.05) is 63.3 Å². The van der Waals surface area contributed by atoms with Gasteiger partial charge < -0.3 is 10.1 Å². The van der Waals surface area contributed by atoms with Gasteiger partial charge in [0.05, 0.1) is 7.11 Å². The maximum absolute atomic E-state index is 13.3. The Balaban J connectivity index is 2.98. The highest BCUT2D eigenvalue weighted by molar-refractivity contribution is 7.98. The Labute approximate surface area is 211 Å². The van der Waals surface area contributed by atoms with E-state index in [2.05, 4.69) is 63.0 Å². The van der Waals surface area contributed by atoms with E-state index in [1.54, 1.807) is 11.8 Å². The number of allylic oxidation sites excluding steroid dienone is 2. The molecule has 0 saturated carbocycles. The minimum atomic E-state index is -0.602. The fourth-order valence-corrected chi connectivity index (χ4v) is 4.66. The number of hydrogen-bond acceptors (Lipinski definition) is 5. The number of thioether (sulfide) groups is 1. The minimum absolute atomic E-state index is 0.0661. The van der Waals surface area contributed by atoms with Crippen molar-refractivity contribution in [2.24, 2.45) is 23.7 Å². The number of rotatable bonds is 16. The first-order valence-corrected chi connectivity index (χ1v) is 14.1. The normalized spacial score (nSPS) is 15.2. The third kappa shape index (κ3) is 11.5. The number of benzene rings is 1. The molecule has 0 aliphatic rings. The molecule has 1 aromatic carbocycles. The molecule has 0 aliphatic carbocycles. The maximum Gasteiger partial charge on any atom is 0.328 e. The molecule has 33 heavy (non-hydrogen) atoms. The molecule has 4 nitrogen and oxygen atoms in total. The molecule has 0 radical (unpaired) electrons. The van der Waals surface area contributed by atoms with E-state index in [0.29, 0.717) is 30.6 Å². The number of nitrogens with one attached hydrogen (secondary N) is 1. The van der Waals surface area contributed by atoms with Gasteiger partial charge in [-0.15, -0.1) is 0 Å². The van der Waals surface area contributed by atoms with Crippen molar-refractivity contribution in [1.82, 2.24) is 5.32 Å². The summed E-state index contributed by atoms with van der Waals surface area (Å²) in [5.74, 6) is 2.36. The molecular formula is C27H43NO3S2. The molecule has 0 heterocycles. The molecule has 1 N–H and O–H groups in total. The van der Waals surface area contributed by atoms with E-state index in [-0.39, 0.29) is 17.8 Å². The Hall–Kier alpha value is -1.40. The van der Waals surface area contributed by atoms with Crippen LogP contribution in [0.4, 0.5) is 0 Å². The van der Waals surface area contributed by atoms with Crippen LogP contribution in [0.1, 0.15) is 52.0 Å². The van der Waals surface area contributed by atoms with E-state index < -0.39 is 6.04 Å². The van der Waals surface area contributed by atoms with Crippen molar-refractivity contribution in [1.29, 1.82) is 0 Å². The number of thiol groups is 1. The molecule has 1 aromatic rings. The Morgan fingerprint density at radius 2 is 1.82 bits per heavy atom. The molecule has 6 heteroatoms. The second-order valence-corrected chi connectivity index (χ2v) is 10.3. The van der Waals surface area contributed by atoms with E-state index >= 15 is 0 Å². The summed E-state index contributed by atoms with van der Waals surface area (Å²) in [7, 11) is 1.37. The van der Waals surface area contributed by atoms with Crippen LogP contribution in [0, 0.1) is 23.7 Å². The molecular weight excluding hydrogens is 450 g/mol. The molecule has 0 aliphatic heterocycles. The van der Waals surface area contributed by atoms with Crippen molar-refractivity contribution in [2.45, 2.75) is 58.9 Å². The van der Waals surface area contributed by atoms with Crippen LogP contribution in [0.2, 0.25) is 0 Å². The van der Waals surface area contributed by atoms with E-state index in [4.69, 9.17) is 4.74 Å². The number of methoxy groups -OCH3 is 1. The molecule has 3 unspecified atom stereocenters. The first-order chi connectivity index (χ1) is 15.9. The predicted octanol–water partition coefficient (Wildman–Crippen LogP) is 5.82. The van der Waals surface area contributed by atoms with Gasteiger partial charge in [0.1, 0.15) is 6.04 Å². The summed E-state index contributed by atoms with van der Waals surface area (Å²) in [6.07, 6.45) is 10.6. The second kappa shape index (κ2) is 17.1. The summed E-state index contributed by atoms with van der Waals surface area (Å²) in [6, 6.07) is 9.51. The SMILES string of the molecule is CCC(/C=C/C(CCC(Cc1ccccc1)C(=O)N[C@@H](CCSC)C(=O)OC)C(C)C)CS. The van der Waals surface area contributed by atoms with Gasteiger partial charge in [-0.25, -0.2) is 4.79 Å². The van der Waals surface area contributed by atoms with Crippen molar-refractivity contribution >= 4 is 36.3 Å². The zero-order chi connectivity index (χ0) is 24.6. The molecule has 1 rings (SSSR count). The average Bonchev–Trinajstić information content (AvgIpc) is 2.82. The quantitative estimate of drug-likeness (QED) is 0.173. The number of hydrogen-bond donors (Lipinski definition) is 2. The topological polar surface area (TPSA) is 55.4 Å². The van der Waals surface area contributed by atoms with E-state index in [0.717, 1.165) is 36.3 Å². The Kier molecular flexibility index (Phi) is 15.4.